The molecule has 1 unspecified atom stereocenters. The van der Waals surface area contributed by atoms with Gasteiger partial charge in [-0.1, -0.05) is 11.6 Å². The summed E-state index contributed by atoms with van der Waals surface area (Å²) in [7, 11) is 3.36. The van der Waals surface area contributed by atoms with Crippen molar-refractivity contribution in [2.24, 2.45) is 4.99 Å². The van der Waals surface area contributed by atoms with Crippen molar-refractivity contribution in [2.45, 2.75) is 19.1 Å². The maximum absolute atomic E-state index is 13.0. The van der Waals surface area contributed by atoms with Crippen molar-refractivity contribution in [1.29, 1.82) is 0 Å². The molecule has 1 aromatic carbocycles. The molecule has 0 aliphatic carbocycles. The van der Waals surface area contributed by atoms with E-state index in [1.807, 2.05) is 0 Å². The van der Waals surface area contributed by atoms with Crippen LogP contribution in [0.5, 0.6) is 0 Å². The molecule has 0 spiro atoms. The van der Waals surface area contributed by atoms with Crippen LogP contribution in [0.25, 0.3) is 10.9 Å². The molecule has 0 bridgehead atoms. The maximum Gasteiger partial charge on any atom is 0.416 e. The summed E-state index contributed by atoms with van der Waals surface area (Å²) in [6.07, 6.45) is -3.31. The van der Waals surface area contributed by atoms with Crippen LogP contribution in [0, 0.1) is 0 Å². The van der Waals surface area contributed by atoms with E-state index < -0.39 is 29.2 Å². The zero-order chi connectivity index (χ0) is 19.6. The highest BCUT2D eigenvalue weighted by atomic mass is 35.5. The second-order valence-electron chi connectivity index (χ2n) is 5.84. The number of alkyl halides is 3. The number of rotatable bonds is 4. The molecule has 6 nitrogen and oxygen atoms in total. The first kappa shape index (κ1) is 19.8. The van der Waals surface area contributed by atoms with Gasteiger partial charge in [0.05, 0.1) is 22.4 Å². The molecule has 0 saturated carbocycles. The van der Waals surface area contributed by atoms with E-state index >= 15 is 0 Å². The van der Waals surface area contributed by atoms with Gasteiger partial charge >= 0.3 is 6.18 Å². The van der Waals surface area contributed by atoms with Gasteiger partial charge in [0.25, 0.3) is 11.5 Å². The monoisotopic (exact) mass is 388 g/mol. The number of amides is 1. The van der Waals surface area contributed by atoms with E-state index in [0.717, 1.165) is 18.2 Å². The lowest BCUT2D eigenvalue weighted by Gasteiger charge is -2.16. The van der Waals surface area contributed by atoms with Crippen LogP contribution >= 0.6 is 11.6 Å². The number of aromatic amines is 1. The third-order valence-corrected chi connectivity index (χ3v) is 3.69. The van der Waals surface area contributed by atoms with Crippen molar-refractivity contribution < 1.29 is 18.0 Å². The lowest BCUT2D eigenvalue weighted by molar-refractivity contribution is -0.137. The summed E-state index contributed by atoms with van der Waals surface area (Å²) in [5.74, 6) is -0.551. The quantitative estimate of drug-likeness (QED) is 0.623. The first-order valence-corrected chi connectivity index (χ1v) is 7.81. The van der Waals surface area contributed by atoms with Crippen LogP contribution in [0.3, 0.4) is 0 Å². The average molecular weight is 389 g/mol. The lowest BCUT2D eigenvalue weighted by atomic mass is 10.1. The van der Waals surface area contributed by atoms with Gasteiger partial charge in [-0.25, -0.2) is 4.99 Å². The van der Waals surface area contributed by atoms with E-state index in [4.69, 9.17) is 11.6 Å². The van der Waals surface area contributed by atoms with Crippen molar-refractivity contribution in [3.8, 4) is 0 Å². The smallest absolute Gasteiger partial charge is 0.373 e. The molecular formula is C16H16ClF3N4O2. The van der Waals surface area contributed by atoms with Gasteiger partial charge in [0.1, 0.15) is 6.04 Å². The Morgan fingerprint density at radius 3 is 2.58 bits per heavy atom. The number of carbonyl (C=O) groups excluding carboxylic acids is 1. The fourth-order valence-electron chi connectivity index (χ4n) is 2.18. The van der Waals surface area contributed by atoms with Crippen molar-refractivity contribution in [3.63, 3.8) is 0 Å². The summed E-state index contributed by atoms with van der Waals surface area (Å²) in [6, 6.07) is 1.79. The molecule has 0 saturated heterocycles. The van der Waals surface area contributed by atoms with Crippen LogP contribution in [0.15, 0.2) is 28.0 Å². The summed E-state index contributed by atoms with van der Waals surface area (Å²) in [5.41, 5.74) is -1.43. The molecule has 140 valence electrons. The Labute approximate surface area is 151 Å². The zero-order valence-corrected chi connectivity index (χ0v) is 14.9. The Balaban J connectivity index is 2.51. The highest BCUT2D eigenvalue weighted by Gasteiger charge is 2.32. The van der Waals surface area contributed by atoms with Gasteiger partial charge < -0.3 is 15.2 Å². The number of nitrogens with one attached hydrogen (secondary N) is 2. The number of benzene rings is 1. The first-order valence-electron chi connectivity index (χ1n) is 7.44. The SMILES string of the molecule is CC(Nc1cc(=O)[nH]c2c(Cl)cc(C(F)(F)F)cc12)C(=O)N=CN(C)C. The highest BCUT2D eigenvalue weighted by molar-refractivity contribution is 6.35. The molecule has 0 aliphatic rings. The maximum atomic E-state index is 13.0. The summed E-state index contributed by atoms with van der Waals surface area (Å²) < 4.78 is 39.1. The number of halogens is 4. The number of aromatic nitrogens is 1. The van der Waals surface area contributed by atoms with Crippen molar-refractivity contribution >= 4 is 40.4 Å². The minimum absolute atomic E-state index is 0.0423. The number of fused-ring (bicyclic) bond motifs is 1. The van der Waals surface area contributed by atoms with Crippen LogP contribution in [0.4, 0.5) is 18.9 Å². The molecule has 1 heterocycles. The molecule has 0 radical (unpaired) electrons. The number of nitrogens with zero attached hydrogens (tertiary/aromatic N) is 2. The lowest BCUT2D eigenvalue weighted by Crippen LogP contribution is -2.26. The number of hydrogen-bond acceptors (Lipinski definition) is 3. The fourth-order valence-corrected chi connectivity index (χ4v) is 2.44. The van der Waals surface area contributed by atoms with Crippen LogP contribution in [0.1, 0.15) is 12.5 Å². The number of carbonyl (C=O) groups is 1. The van der Waals surface area contributed by atoms with Gasteiger partial charge in [-0.2, -0.15) is 13.2 Å². The van der Waals surface area contributed by atoms with Gasteiger partial charge in [-0.15, -0.1) is 0 Å². The number of hydrogen-bond donors (Lipinski definition) is 2. The number of H-pyrrole nitrogens is 1. The molecule has 2 aromatic rings. The predicted octanol–water partition coefficient (Wildman–Crippen LogP) is 3.12. The van der Waals surface area contributed by atoms with Gasteiger partial charge in [-0.05, 0) is 19.1 Å². The van der Waals surface area contributed by atoms with Gasteiger partial charge in [0.2, 0.25) is 0 Å². The molecular weight excluding hydrogens is 373 g/mol. The molecule has 2 rings (SSSR count). The molecule has 10 heteroatoms. The van der Waals surface area contributed by atoms with Crippen LogP contribution in [-0.2, 0) is 11.0 Å². The van der Waals surface area contributed by atoms with E-state index in [2.05, 4.69) is 15.3 Å². The van der Waals surface area contributed by atoms with Crippen LogP contribution in [-0.4, -0.2) is 42.3 Å². The highest BCUT2D eigenvalue weighted by Crippen LogP contribution is 2.36. The van der Waals surface area contributed by atoms with Crippen LogP contribution in [0.2, 0.25) is 5.02 Å². The minimum atomic E-state index is -4.61. The van der Waals surface area contributed by atoms with Gasteiger partial charge in [0, 0.05) is 31.2 Å². The Kier molecular flexibility index (Phi) is 5.60. The summed E-state index contributed by atoms with van der Waals surface area (Å²) in [6.45, 7) is 1.48. The minimum Gasteiger partial charge on any atom is -0.373 e. The van der Waals surface area contributed by atoms with Crippen LogP contribution < -0.4 is 10.9 Å². The third-order valence-electron chi connectivity index (χ3n) is 3.39. The molecule has 0 aliphatic heterocycles. The number of aliphatic imine (C=N–C) groups is 1. The van der Waals surface area contributed by atoms with Crippen molar-refractivity contribution in [3.05, 3.63) is 39.1 Å². The first-order chi connectivity index (χ1) is 12.0. The average Bonchev–Trinajstić information content (AvgIpc) is 2.52. The van der Waals surface area contributed by atoms with Gasteiger partial charge in [-0.3, -0.25) is 9.59 Å². The van der Waals surface area contributed by atoms with Crippen molar-refractivity contribution in [2.75, 3.05) is 19.4 Å². The van der Waals surface area contributed by atoms with Gasteiger partial charge in [0.15, 0.2) is 0 Å². The molecule has 0 fully saturated rings. The second kappa shape index (κ2) is 7.36. The Hall–Kier alpha value is -2.55. The van der Waals surface area contributed by atoms with E-state index in [9.17, 15) is 22.8 Å². The zero-order valence-electron chi connectivity index (χ0n) is 14.1. The number of pyridine rings is 1. The summed E-state index contributed by atoms with van der Waals surface area (Å²) in [5, 5.41) is 2.52. The van der Waals surface area contributed by atoms with E-state index in [1.165, 1.54) is 13.3 Å². The molecule has 1 atom stereocenters. The Morgan fingerprint density at radius 2 is 2.00 bits per heavy atom. The van der Waals surface area contributed by atoms with E-state index in [1.54, 1.807) is 19.0 Å². The molecule has 1 aromatic heterocycles. The number of anilines is 1. The van der Waals surface area contributed by atoms with E-state index in [0.29, 0.717) is 0 Å². The molecule has 2 N–H and O–H groups in total. The second-order valence-corrected chi connectivity index (χ2v) is 6.25. The van der Waals surface area contributed by atoms with E-state index in [-0.39, 0.29) is 21.6 Å². The Bertz CT molecular complexity index is 922. The summed E-state index contributed by atoms with van der Waals surface area (Å²) >= 11 is 5.90. The standard InChI is InChI=1S/C16H16ClF3N4O2/c1-8(15(26)21-7-24(2)3)22-12-6-13(25)23-14-10(12)4-9(5-11(14)17)16(18,19)20/h4-8H,1-3H3,(H2,22,23,25). The summed E-state index contributed by atoms with van der Waals surface area (Å²) in [4.78, 5) is 31.5. The largest absolute Gasteiger partial charge is 0.416 e. The van der Waals surface area contributed by atoms with Crippen molar-refractivity contribution in [1.82, 2.24) is 9.88 Å². The molecule has 26 heavy (non-hydrogen) atoms. The molecule has 1 amide bonds. The third kappa shape index (κ3) is 4.54. The topological polar surface area (TPSA) is 77.6 Å². The predicted molar refractivity (Wildman–Crippen MR) is 94.9 cm³/mol. The fraction of sp³-hybridized carbons (Fsp3) is 0.312. The normalized spacial score (nSPS) is 13.2. The Morgan fingerprint density at radius 1 is 1.35 bits per heavy atom.